The van der Waals surface area contributed by atoms with Gasteiger partial charge in [-0.3, -0.25) is 14.9 Å². The summed E-state index contributed by atoms with van der Waals surface area (Å²) in [6, 6.07) is 5.38. The smallest absolute Gasteiger partial charge is 0.251 e. The van der Waals surface area contributed by atoms with Gasteiger partial charge in [-0.15, -0.1) is 0 Å². The summed E-state index contributed by atoms with van der Waals surface area (Å²) >= 11 is 3.33. The van der Waals surface area contributed by atoms with Gasteiger partial charge < -0.3 is 10.6 Å². The summed E-state index contributed by atoms with van der Waals surface area (Å²) in [6.45, 7) is 3.64. The Morgan fingerprint density at radius 3 is 2.67 bits per heavy atom. The number of nitrogens with zero attached hydrogens (tertiary/aromatic N) is 1. The van der Waals surface area contributed by atoms with Gasteiger partial charge in [0.1, 0.15) is 5.54 Å². The molecule has 1 heterocycles. The highest BCUT2D eigenvalue weighted by molar-refractivity contribution is 9.10. The second-order valence-corrected chi connectivity index (χ2v) is 5.64. The number of halogens is 1. The van der Waals surface area contributed by atoms with Gasteiger partial charge in [0.25, 0.3) is 5.91 Å². The maximum Gasteiger partial charge on any atom is 0.251 e. The van der Waals surface area contributed by atoms with Gasteiger partial charge in [-0.05, 0) is 32.0 Å². The molecule has 1 aliphatic rings. The maximum atomic E-state index is 11.9. The molecule has 2 amide bonds. The summed E-state index contributed by atoms with van der Waals surface area (Å²) in [6.07, 6.45) is 0. The zero-order valence-corrected chi connectivity index (χ0v) is 11.7. The van der Waals surface area contributed by atoms with Crippen LogP contribution in [0, 0.1) is 0 Å². The molecule has 2 rings (SSSR count). The molecule has 0 aromatic heterocycles. The second kappa shape index (κ2) is 4.28. The number of nitrogen functional groups attached to an aromatic ring is 1. The van der Waals surface area contributed by atoms with E-state index in [1.807, 2.05) is 6.07 Å². The van der Waals surface area contributed by atoms with Crippen LogP contribution in [0.25, 0.3) is 0 Å². The Morgan fingerprint density at radius 1 is 1.39 bits per heavy atom. The first-order chi connectivity index (χ1) is 8.32. The number of carbonyl (C=O) groups is 2. The fourth-order valence-electron chi connectivity index (χ4n) is 1.94. The van der Waals surface area contributed by atoms with Gasteiger partial charge in [0.2, 0.25) is 5.91 Å². The van der Waals surface area contributed by atoms with Crippen molar-refractivity contribution in [2.75, 3.05) is 17.2 Å². The van der Waals surface area contributed by atoms with Gasteiger partial charge in [-0.1, -0.05) is 15.9 Å². The molecule has 0 bridgehead atoms. The summed E-state index contributed by atoms with van der Waals surface area (Å²) in [5.41, 5.74) is 6.35. The molecule has 18 heavy (non-hydrogen) atoms. The number of nitrogens with two attached hydrogens (primary N) is 1. The molecule has 0 unspecified atom stereocenters. The van der Waals surface area contributed by atoms with Gasteiger partial charge in [0, 0.05) is 4.47 Å². The number of imide groups is 1. The van der Waals surface area contributed by atoms with Crippen LogP contribution < -0.4 is 16.0 Å². The number of benzene rings is 1. The molecule has 96 valence electrons. The predicted molar refractivity (Wildman–Crippen MR) is 73.1 cm³/mol. The molecular weight excluding hydrogens is 298 g/mol. The summed E-state index contributed by atoms with van der Waals surface area (Å²) in [4.78, 5) is 25.1. The van der Waals surface area contributed by atoms with E-state index in [-0.39, 0.29) is 18.4 Å². The van der Waals surface area contributed by atoms with Gasteiger partial charge in [0.15, 0.2) is 0 Å². The van der Waals surface area contributed by atoms with Gasteiger partial charge >= 0.3 is 0 Å². The van der Waals surface area contributed by atoms with E-state index in [0.29, 0.717) is 11.4 Å². The summed E-state index contributed by atoms with van der Waals surface area (Å²) < 4.78 is 0.856. The topological polar surface area (TPSA) is 75.4 Å². The number of anilines is 2. The first-order valence-corrected chi connectivity index (χ1v) is 6.28. The fraction of sp³-hybridized carbons (Fsp3) is 0.333. The molecule has 0 saturated carbocycles. The third kappa shape index (κ3) is 2.08. The second-order valence-electron chi connectivity index (χ2n) is 4.73. The molecule has 3 N–H and O–H groups in total. The minimum absolute atomic E-state index is 0.116. The highest BCUT2D eigenvalue weighted by Gasteiger charge is 2.41. The molecule has 0 spiro atoms. The maximum absolute atomic E-state index is 11.9. The predicted octanol–water partition coefficient (Wildman–Crippen LogP) is 1.27. The lowest BCUT2D eigenvalue weighted by Gasteiger charge is -2.42. The largest absolute Gasteiger partial charge is 0.397 e. The van der Waals surface area contributed by atoms with Crippen LogP contribution in [-0.2, 0) is 9.59 Å². The van der Waals surface area contributed by atoms with Crippen LogP contribution in [0.3, 0.4) is 0 Å². The molecule has 1 fully saturated rings. The van der Waals surface area contributed by atoms with E-state index < -0.39 is 5.54 Å². The molecule has 0 atom stereocenters. The zero-order valence-electron chi connectivity index (χ0n) is 10.2. The lowest BCUT2D eigenvalue weighted by molar-refractivity contribution is -0.135. The van der Waals surface area contributed by atoms with Crippen molar-refractivity contribution in [1.29, 1.82) is 0 Å². The average Bonchev–Trinajstić information content (AvgIpc) is 2.24. The van der Waals surface area contributed by atoms with Crippen LogP contribution in [-0.4, -0.2) is 23.9 Å². The van der Waals surface area contributed by atoms with E-state index in [2.05, 4.69) is 21.2 Å². The van der Waals surface area contributed by atoms with Crippen molar-refractivity contribution in [1.82, 2.24) is 5.32 Å². The number of amides is 2. The minimum Gasteiger partial charge on any atom is -0.397 e. The summed E-state index contributed by atoms with van der Waals surface area (Å²) in [7, 11) is 0. The van der Waals surface area contributed by atoms with Crippen LogP contribution in [0.4, 0.5) is 11.4 Å². The Hall–Kier alpha value is -1.56. The molecule has 1 saturated heterocycles. The van der Waals surface area contributed by atoms with Crippen LogP contribution in [0.1, 0.15) is 13.8 Å². The van der Waals surface area contributed by atoms with Gasteiger partial charge in [0.05, 0.1) is 17.9 Å². The zero-order chi connectivity index (χ0) is 13.5. The fourth-order valence-corrected chi connectivity index (χ4v) is 2.32. The molecule has 1 aromatic carbocycles. The number of hydrogen-bond donors (Lipinski definition) is 2. The quantitative estimate of drug-likeness (QED) is 0.605. The van der Waals surface area contributed by atoms with E-state index in [9.17, 15) is 9.59 Å². The Morgan fingerprint density at radius 2 is 2.06 bits per heavy atom. The monoisotopic (exact) mass is 311 g/mol. The van der Waals surface area contributed by atoms with Crippen LogP contribution in [0.15, 0.2) is 22.7 Å². The van der Waals surface area contributed by atoms with E-state index in [1.54, 1.807) is 30.9 Å². The van der Waals surface area contributed by atoms with E-state index in [1.165, 1.54) is 0 Å². The van der Waals surface area contributed by atoms with Gasteiger partial charge in [-0.25, -0.2) is 0 Å². The lowest BCUT2D eigenvalue weighted by atomic mass is 9.97. The average molecular weight is 312 g/mol. The highest BCUT2D eigenvalue weighted by atomic mass is 79.9. The SMILES string of the molecule is CC1(C)C(=O)NC(=O)CN1c1ccc(Br)cc1N. The van der Waals surface area contributed by atoms with Crippen molar-refractivity contribution >= 4 is 39.1 Å². The minimum atomic E-state index is -0.810. The summed E-state index contributed by atoms with van der Waals surface area (Å²) in [5.74, 6) is -0.636. The number of hydrogen-bond acceptors (Lipinski definition) is 4. The Bertz CT molecular complexity index is 528. The van der Waals surface area contributed by atoms with Crippen LogP contribution in [0.2, 0.25) is 0 Å². The molecular formula is C12H14BrN3O2. The van der Waals surface area contributed by atoms with Crippen molar-refractivity contribution in [3.8, 4) is 0 Å². The van der Waals surface area contributed by atoms with Crippen molar-refractivity contribution in [3.63, 3.8) is 0 Å². The van der Waals surface area contributed by atoms with Gasteiger partial charge in [-0.2, -0.15) is 0 Å². The van der Waals surface area contributed by atoms with Crippen LogP contribution >= 0.6 is 15.9 Å². The molecule has 1 aromatic rings. The first kappa shape index (κ1) is 12.9. The number of carbonyl (C=O) groups excluding carboxylic acids is 2. The third-order valence-electron chi connectivity index (χ3n) is 3.07. The number of nitrogens with one attached hydrogen (secondary N) is 1. The third-order valence-corrected chi connectivity index (χ3v) is 3.56. The van der Waals surface area contributed by atoms with Crippen LogP contribution in [0.5, 0.6) is 0 Å². The molecule has 6 heteroatoms. The first-order valence-electron chi connectivity index (χ1n) is 5.49. The van der Waals surface area contributed by atoms with Crippen molar-refractivity contribution in [2.45, 2.75) is 19.4 Å². The Balaban J connectivity index is 2.47. The normalized spacial score (nSPS) is 18.7. The molecule has 0 aliphatic carbocycles. The van der Waals surface area contributed by atoms with Crippen molar-refractivity contribution in [3.05, 3.63) is 22.7 Å². The van der Waals surface area contributed by atoms with Crippen molar-refractivity contribution in [2.24, 2.45) is 0 Å². The Kier molecular flexibility index (Phi) is 3.06. The number of rotatable bonds is 1. The summed E-state index contributed by atoms with van der Waals surface area (Å²) in [5, 5.41) is 2.33. The molecule has 0 radical (unpaired) electrons. The molecule has 5 nitrogen and oxygen atoms in total. The highest BCUT2D eigenvalue weighted by Crippen LogP contribution is 2.32. The van der Waals surface area contributed by atoms with Crippen molar-refractivity contribution < 1.29 is 9.59 Å². The van der Waals surface area contributed by atoms with E-state index >= 15 is 0 Å². The molecule has 1 aliphatic heterocycles. The lowest BCUT2D eigenvalue weighted by Crippen LogP contribution is -2.64. The standard InChI is InChI=1S/C12H14BrN3O2/c1-12(2)11(18)15-10(17)6-16(12)9-4-3-7(13)5-8(9)14/h3-5H,6,14H2,1-2H3,(H,15,17,18). The number of piperazine rings is 1. The Labute approximate surface area is 113 Å². The van der Waals surface area contributed by atoms with E-state index in [4.69, 9.17) is 5.73 Å². The van der Waals surface area contributed by atoms with E-state index in [0.717, 1.165) is 4.47 Å².